The standard InChI is InChI=1S/C11H14F3N3O/c1-17(2)10(18)16-9-4-3-7(6-15)5-8(9)11(12,13)14/h3-5H,6,15H2,1-2H3,(H,16,18). The van der Waals surface area contributed by atoms with Gasteiger partial charge in [-0.25, -0.2) is 4.79 Å². The van der Waals surface area contributed by atoms with Crippen LogP contribution in [0.4, 0.5) is 23.7 Å². The van der Waals surface area contributed by atoms with Crippen molar-refractivity contribution in [1.82, 2.24) is 4.90 Å². The van der Waals surface area contributed by atoms with Crippen molar-refractivity contribution in [3.63, 3.8) is 0 Å². The molecule has 100 valence electrons. The lowest BCUT2D eigenvalue weighted by Gasteiger charge is -2.17. The van der Waals surface area contributed by atoms with E-state index in [4.69, 9.17) is 5.73 Å². The number of hydrogen-bond acceptors (Lipinski definition) is 2. The minimum Gasteiger partial charge on any atom is -0.331 e. The largest absolute Gasteiger partial charge is 0.418 e. The summed E-state index contributed by atoms with van der Waals surface area (Å²) in [6, 6.07) is 2.96. The van der Waals surface area contributed by atoms with Crippen LogP contribution in [0.5, 0.6) is 0 Å². The van der Waals surface area contributed by atoms with Crippen LogP contribution in [-0.4, -0.2) is 25.0 Å². The van der Waals surface area contributed by atoms with Gasteiger partial charge in [-0.15, -0.1) is 0 Å². The molecule has 2 amide bonds. The van der Waals surface area contributed by atoms with E-state index in [1.54, 1.807) is 0 Å². The quantitative estimate of drug-likeness (QED) is 0.857. The Kier molecular flexibility index (Phi) is 4.18. The van der Waals surface area contributed by atoms with Crippen molar-refractivity contribution in [2.45, 2.75) is 12.7 Å². The van der Waals surface area contributed by atoms with E-state index in [9.17, 15) is 18.0 Å². The summed E-state index contributed by atoms with van der Waals surface area (Å²) in [6.07, 6.45) is -4.54. The van der Waals surface area contributed by atoms with Gasteiger partial charge in [0.15, 0.2) is 0 Å². The monoisotopic (exact) mass is 261 g/mol. The van der Waals surface area contributed by atoms with E-state index in [1.165, 1.54) is 26.2 Å². The summed E-state index contributed by atoms with van der Waals surface area (Å²) in [6.45, 7) is 0.00495. The van der Waals surface area contributed by atoms with Crippen LogP contribution in [0.2, 0.25) is 0 Å². The first-order valence-corrected chi connectivity index (χ1v) is 5.14. The average Bonchev–Trinajstić information content (AvgIpc) is 2.27. The highest BCUT2D eigenvalue weighted by atomic mass is 19.4. The molecule has 0 heterocycles. The van der Waals surface area contributed by atoms with Crippen LogP contribution >= 0.6 is 0 Å². The van der Waals surface area contributed by atoms with Crippen molar-refractivity contribution in [2.24, 2.45) is 5.73 Å². The zero-order chi connectivity index (χ0) is 13.9. The summed E-state index contributed by atoms with van der Waals surface area (Å²) in [5.74, 6) is 0. The molecular formula is C11H14F3N3O. The van der Waals surface area contributed by atoms with Crippen LogP contribution in [0, 0.1) is 0 Å². The van der Waals surface area contributed by atoms with Gasteiger partial charge in [0.25, 0.3) is 0 Å². The number of anilines is 1. The summed E-state index contributed by atoms with van der Waals surface area (Å²) < 4.78 is 38.4. The van der Waals surface area contributed by atoms with Crippen LogP contribution in [0.3, 0.4) is 0 Å². The summed E-state index contributed by atoms with van der Waals surface area (Å²) in [4.78, 5) is 12.5. The normalized spacial score (nSPS) is 11.2. The number of carbonyl (C=O) groups excluding carboxylic acids is 1. The molecule has 0 spiro atoms. The Morgan fingerprint density at radius 2 is 2.00 bits per heavy atom. The van der Waals surface area contributed by atoms with E-state index in [-0.39, 0.29) is 12.2 Å². The van der Waals surface area contributed by atoms with E-state index in [2.05, 4.69) is 5.32 Å². The molecular weight excluding hydrogens is 247 g/mol. The number of hydrogen-bond donors (Lipinski definition) is 2. The maximum atomic E-state index is 12.8. The fourth-order valence-corrected chi connectivity index (χ4v) is 1.29. The van der Waals surface area contributed by atoms with E-state index in [1.807, 2.05) is 0 Å². The molecule has 0 aliphatic carbocycles. The van der Waals surface area contributed by atoms with Gasteiger partial charge in [0.05, 0.1) is 11.3 Å². The Balaban J connectivity index is 3.15. The summed E-state index contributed by atoms with van der Waals surface area (Å²) in [5.41, 5.74) is 4.47. The molecule has 0 aromatic heterocycles. The highest BCUT2D eigenvalue weighted by Gasteiger charge is 2.34. The number of nitrogens with one attached hydrogen (secondary N) is 1. The average molecular weight is 261 g/mol. The number of rotatable bonds is 2. The summed E-state index contributed by atoms with van der Waals surface area (Å²) in [5, 5.41) is 2.19. The fraction of sp³-hybridized carbons (Fsp3) is 0.364. The predicted octanol–water partition coefficient (Wildman–Crippen LogP) is 2.26. The molecule has 0 bridgehead atoms. The zero-order valence-electron chi connectivity index (χ0n) is 10.0. The molecule has 3 N–H and O–H groups in total. The first kappa shape index (κ1) is 14.3. The molecule has 7 heteroatoms. The maximum absolute atomic E-state index is 12.8. The first-order valence-electron chi connectivity index (χ1n) is 5.14. The Bertz CT molecular complexity index is 444. The number of urea groups is 1. The highest BCUT2D eigenvalue weighted by molar-refractivity contribution is 5.90. The molecule has 1 aromatic rings. The van der Waals surface area contributed by atoms with Crippen molar-refractivity contribution in [2.75, 3.05) is 19.4 Å². The molecule has 0 saturated carbocycles. The van der Waals surface area contributed by atoms with Gasteiger partial charge in [0.1, 0.15) is 0 Å². The number of nitrogens with two attached hydrogens (primary N) is 1. The van der Waals surface area contributed by atoms with Crippen LogP contribution in [0.25, 0.3) is 0 Å². The van der Waals surface area contributed by atoms with E-state index >= 15 is 0 Å². The SMILES string of the molecule is CN(C)C(=O)Nc1ccc(CN)cc1C(F)(F)F. The Morgan fingerprint density at radius 1 is 1.39 bits per heavy atom. The van der Waals surface area contributed by atoms with Crippen LogP contribution in [-0.2, 0) is 12.7 Å². The molecule has 0 fully saturated rings. The number of nitrogens with zero attached hydrogens (tertiary/aromatic N) is 1. The molecule has 0 aliphatic rings. The number of benzene rings is 1. The first-order chi connectivity index (χ1) is 8.25. The third-order valence-electron chi connectivity index (χ3n) is 2.27. The highest BCUT2D eigenvalue weighted by Crippen LogP contribution is 2.35. The third-order valence-corrected chi connectivity index (χ3v) is 2.27. The van der Waals surface area contributed by atoms with E-state index < -0.39 is 17.8 Å². The molecule has 0 aliphatic heterocycles. The maximum Gasteiger partial charge on any atom is 0.418 e. The van der Waals surface area contributed by atoms with Crippen molar-refractivity contribution in [1.29, 1.82) is 0 Å². The minimum absolute atomic E-state index is 0.00495. The van der Waals surface area contributed by atoms with Gasteiger partial charge in [0.2, 0.25) is 0 Å². The molecule has 1 aromatic carbocycles. The Morgan fingerprint density at radius 3 is 2.44 bits per heavy atom. The molecule has 0 radical (unpaired) electrons. The van der Waals surface area contributed by atoms with Gasteiger partial charge >= 0.3 is 12.2 Å². The smallest absolute Gasteiger partial charge is 0.331 e. The molecule has 0 saturated heterocycles. The van der Waals surface area contributed by atoms with Gasteiger partial charge < -0.3 is 16.0 Å². The topological polar surface area (TPSA) is 58.4 Å². The lowest BCUT2D eigenvalue weighted by atomic mass is 10.1. The number of amides is 2. The second-order valence-corrected chi connectivity index (χ2v) is 3.91. The predicted molar refractivity (Wildman–Crippen MR) is 62.0 cm³/mol. The molecule has 4 nitrogen and oxygen atoms in total. The second-order valence-electron chi connectivity index (χ2n) is 3.91. The van der Waals surface area contributed by atoms with Gasteiger partial charge in [-0.1, -0.05) is 6.07 Å². The Hall–Kier alpha value is -1.76. The number of alkyl halides is 3. The lowest BCUT2D eigenvalue weighted by Crippen LogP contribution is -2.28. The zero-order valence-corrected chi connectivity index (χ0v) is 10.0. The molecule has 0 unspecified atom stereocenters. The van der Waals surface area contributed by atoms with Crippen molar-refractivity contribution in [3.05, 3.63) is 29.3 Å². The van der Waals surface area contributed by atoms with Crippen LogP contribution in [0.1, 0.15) is 11.1 Å². The minimum atomic E-state index is -4.54. The molecule has 1 rings (SSSR count). The third kappa shape index (κ3) is 3.36. The van der Waals surface area contributed by atoms with Crippen molar-refractivity contribution >= 4 is 11.7 Å². The lowest BCUT2D eigenvalue weighted by molar-refractivity contribution is -0.137. The van der Waals surface area contributed by atoms with E-state index in [0.717, 1.165) is 11.0 Å². The van der Waals surface area contributed by atoms with Gasteiger partial charge in [-0.3, -0.25) is 0 Å². The number of halogens is 3. The number of carbonyl (C=O) groups is 1. The van der Waals surface area contributed by atoms with Gasteiger partial charge in [-0.2, -0.15) is 13.2 Å². The molecule has 18 heavy (non-hydrogen) atoms. The van der Waals surface area contributed by atoms with Gasteiger partial charge in [-0.05, 0) is 17.7 Å². The van der Waals surface area contributed by atoms with E-state index in [0.29, 0.717) is 5.56 Å². The van der Waals surface area contributed by atoms with Gasteiger partial charge in [0, 0.05) is 20.6 Å². The van der Waals surface area contributed by atoms with Crippen LogP contribution < -0.4 is 11.1 Å². The fourth-order valence-electron chi connectivity index (χ4n) is 1.29. The second kappa shape index (κ2) is 5.26. The summed E-state index contributed by atoms with van der Waals surface area (Å²) >= 11 is 0. The summed E-state index contributed by atoms with van der Waals surface area (Å²) in [7, 11) is 2.88. The van der Waals surface area contributed by atoms with Crippen LogP contribution in [0.15, 0.2) is 18.2 Å². The van der Waals surface area contributed by atoms with Crippen molar-refractivity contribution < 1.29 is 18.0 Å². The van der Waals surface area contributed by atoms with Crippen molar-refractivity contribution in [3.8, 4) is 0 Å². The molecule has 0 atom stereocenters. The Labute approximate surface area is 103 Å².